The number of hydrogen-bond donors (Lipinski definition) is 1. The Hall–Kier alpha value is -0.0800. The maximum absolute atomic E-state index is 4.99. The van der Waals surface area contributed by atoms with Crippen molar-refractivity contribution in [2.45, 2.75) is 40.0 Å². The molecule has 0 heterocycles. The first-order chi connectivity index (χ1) is 6.70. The zero-order valence-electron chi connectivity index (χ0n) is 10.3. The Labute approximate surface area is 89.4 Å². The number of rotatable bonds is 9. The molecule has 2 heteroatoms. The van der Waals surface area contributed by atoms with Crippen molar-refractivity contribution < 1.29 is 4.74 Å². The molecule has 0 fully saturated rings. The van der Waals surface area contributed by atoms with Gasteiger partial charge in [-0.1, -0.05) is 33.6 Å². The van der Waals surface area contributed by atoms with E-state index in [9.17, 15) is 0 Å². The lowest BCUT2D eigenvalue weighted by Crippen LogP contribution is -2.26. The van der Waals surface area contributed by atoms with E-state index < -0.39 is 0 Å². The predicted molar refractivity (Wildman–Crippen MR) is 62.6 cm³/mol. The Kier molecular flexibility index (Phi) is 9.42. The lowest BCUT2D eigenvalue weighted by atomic mass is 9.96. The molecule has 86 valence electrons. The van der Waals surface area contributed by atoms with Crippen LogP contribution in [0, 0.1) is 11.8 Å². The average molecular weight is 201 g/mol. The Balaban J connectivity index is 3.38. The van der Waals surface area contributed by atoms with Crippen LogP contribution in [-0.2, 0) is 4.74 Å². The van der Waals surface area contributed by atoms with Gasteiger partial charge >= 0.3 is 0 Å². The first kappa shape index (κ1) is 13.9. The fraction of sp³-hybridized carbons (Fsp3) is 1.00. The molecule has 0 rings (SSSR count). The van der Waals surface area contributed by atoms with E-state index in [0.717, 1.165) is 31.5 Å². The Morgan fingerprint density at radius 2 is 1.93 bits per heavy atom. The van der Waals surface area contributed by atoms with Gasteiger partial charge in [0.05, 0.1) is 6.61 Å². The van der Waals surface area contributed by atoms with E-state index >= 15 is 0 Å². The third-order valence-corrected chi connectivity index (χ3v) is 2.65. The molecule has 0 aliphatic rings. The monoisotopic (exact) mass is 201 g/mol. The summed E-state index contributed by atoms with van der Waals surface area (Å²) in [7, 11) is 1.75. The SMILES string of the molecule is CCC(CCC(C)C)CNCCOC. The van der Waals surface area contributed by atoms with Crippen LogP contribution < -0.4 is 5.32 Å². The van der Waals surface area contributed by atoms with Crippen LogP contribution in [0.2, 0.25) is 0 Å². The largest absolute Gasteiger partial charge is 0.383 e. The van der Waals surface area contributed by atoms with Crippen LogP contribution in [0.25, 0.3) is 0 Å². The van der Waals surface area contributed by atoms with Crippen molar-refractivity contribution in [1.82, 2.24) is 5.32 Å². The van der Waals surface area contributed by atoms with E-state index in [2.05, 4.69) is 26.1 Å². The van der Waals surface area contributed by atoms with Crippen LogP contribution in [0.15, 0.2) is 0 Å². The van der Waals surface area contributed by atoms with Gasteiger partial charge in [-0.25, -0.2) is 0 Å². The van der Waals surface area contributed by atoms with Gasteiger partial charge < -0.3 is 10.1 Å². The molecule has 2 nitrogen and oxygen atoms in total. The van der Waals surface area contributed by atoms with Crippen LogP contribution in [0.4, 0.5) is 0 Å². The minimum absolute atomic E-state index is 0.820. The third-order valence-electron chi connectivity index (χ3n) is 2.65. The molecule has 14 heavy (non-hydrogen) atoms. The summed E-state index contributed by atoms with van der Waals surface area (Å²) < 4.78 is 4.99. The summed E-state index contributed by atoms with van der Waals surface area (Å²) >= 11 is 0. The highest BCUT2D eigenvalue weighted by Gasteiger charge is 2.06. The summed E-state index contributed by atoms with van der Waals surface area (Å²) in [6.07, 6.45) is 3.99. The molecule has 1 N–H and O–H groups in total. The first-order valence-electron chi connectivity index (χ1n) is 5.90. The highest BCUT2D eigenvalue weighted by atomic mass is 16.5. The molecule has 0 spiro atoms. The van der Waals surface area contributed by atoms with E-state index in [0.29, 0.717) is 0 Å². The van der Waals surface area contributed by atoms with Gasteiger partial charge in [0.2, 0.25) is 0 Å². The summed E-state index contributed by atoms with van der Waals surface area (Å²) in [5, 5.41) is 3.44. The smallest absolute Gasteiger partial charge is 0.0587 e. The fourth-order valence-corrected chi connectivity index (χ4v) is 1.50. The van der Waals surface area contributed by atoms with Gasteiger partial charge in [0.15, 0.2) is 0 Å². The topological polar surface area (TPSA) is 21.3 Å². The number of hydrogen-bond acceptors (Lipinski definition) is 2. The lowest BCUT2D eigenvalue weighted by molar-refractivity contribution is 0.197. The zero-order valence-corrected chi connectivity index (χ0v) is 10.3. The standard InChI is InChI=1S/C12H27NO/c1-5-12(7-6-11(2)3)10-13-8-9-14-4/h11-13H,5-10H2,1-4H3. The van der Waals surface area contributed by atoms with Crippen LogP contribution >= 0.6 is 0 Å². The van der Waals surface area contributed by atoms with Gasteiger partial charge in [-0.15, -0.1) is 0 Å². The number of nitrogens with one attached hydrogen (secondary N) is 1. The van der Waals surface area contributed by atoms with Crippen molar-refractivity contribution in [3.8, 4) is 0 Å². The van der Waals surface area contributed by atoms with E-state index in [1.807, 2.05) is 0 Å². The first-order valence-corrected chi connectivity index (χ1v) is 5.90. The molecular formula is C12H27NO. The second-order valence-electron chi connectivity index (χ2n) is 4.44. The quantitative estimate of drug-likeness (QED) is 0.579. The maximum atomic E-state index is 4.99. The van der Waals surface area contributed by atoms with Crippen LogP contribution in [0.1, 0.15) is 40.0 Å². The lowest BCUT2D eigenvalue weighted by Gasteiger charge is -2.16. The van der Waals surface area contributed by atoms with Crippen molar-refractivity contribution in [2.24, 2.45) is 11.8 Å². The molecule has 0 aromatic carbocycles. The molecule has 0 aliphatic heterocycles. The molecule has 1 atom stereocenters. The highest BCUT2D eigenvalue weighted by molar-refractivity contribution is 4.62. The van der Waals surface area contributed by atoms with Crippen molar-refractivity contribution in [3.63, 3.8) is 0 Å². The van der Waals surface area contributed by atoms with E-state index in [4.69, 9.17) is 4.74 Å². The molecule has 0 amide bonds. The summed E-state index contributed by atoms with van der Waals surface area (Å²) in [5.74, 6) is 1.68. The van der Waals surface area contributed by atoms with Crippen molar-refractivity contribution >= 4 is 0 Å². The van der Waals surface area contributed by atoms with Gasteiger partial charge in [-0.2, -0.15) is 0 Å². The number of ether oxygens (including phenoxy) is 1. The maximum Gasteiger partial charge on any atom is 0.0587 e. The summed E-state index contributed by atoms with van der Waals surface area (Å²) in [6, 6.07) is 0. The fourth-order valence-electron chi connectivity index (χ4n) is 1.50. The summed E-state index contributed by atoms with van der Waals surface area (Å²) in [4.78, 5) is 0. The van der Waals surface area contributed by atoms with Gasteiger partial charge in [-0.05, 0) is 24.8 Å². The van der Waals surface area contributed by atoms with Crippen LogP contribution in [0.5, 0.6) is 0 Å². The third kappa shape index (κ3) is 8.52. The molecule has 0 saturated carbocycles. The highest BCUT2D eigenvalue weighted by Crippen LogP contribution is 2.14. The Morgan fingerprint density at radius 3 is 2.43 bits per heavy atom. The van der Waals surface area contributed by atoms with E-state index in [-0.39, 0.29) is 0 Å². The molecule has 0 radical (unpaired) electrons. The van der Waals surface area contributed by atoms with Gasteiger partial charge in [0.1, 0.15) is 0 Å². The van der Waals surface area contributed by atoms with Crippen LogP contribution in [-0.4, -0.2) is 26.8 Å². The molecular weight excluding hydrogens is 174 g/mol. The Morgan fingerprint density at radius 1 is 1.21 bits per heavy atom. The Bertz CT molecular complexity index is 115. The second kappa shape index (κ2) is 9.47. The summed E-state index contributed by atoms with van der Waals surface area (Å²) in [5.41, 5.74) is 0. The molecule has 0 aromatic heterocycles. The van der Waals surface area contributed by atoms with Gasteiger partial charge in [0, 0.05) is 13.7 Å². The summed E-state index contributed by atoms with van der Waals surface area (Å²) in [6.45, 7) is 9.82. The van der Waals surface area contributed by atoms with Gasteiger partial charge in [0.25, 0.3) is 0 Å². The second-order valence-corrected chi connectivity index (χ2v) is 4.44. The minimum atomic E-state index is 0.820. The van der Waals surface area contributed by atoms with E-state index in [1.165, 1.54) is 19.3 Å². The predicted octanol–water partition coefficient (Wildman–Crippen LogP) is 2.68. The normalized spacial score (nSPS) is 13.5. The molecule has 0 bridgehead atoms. The zero-order chi connectivity index (χ0) is 10.8. The van der Waals surface area contributed by atoms with Crippen molar-refractivity contribution in [2.75, 3.05) is 26.8 Å². The van der Waals surface area contributed by atoms with Crippen molar-refractivity contribution in [1.29, 1.82) is 0 Å². The molecule has 0 aromatic rings. The van der Waals surface area contributed by atoms with Gasteiger partial charge in [-0.3, -0.25) is 0 Å². The number of methoxy groups -OCH3 is 1. The average Bonchev–Trinajstić information content (AvgIpc) is 2.16. The molecule has 0 saturated heterocycles. The molecule has 0 aliphatic carbocycles. The molecule has 1 unspecified atom stereocenters. The van der Waals surface area contributed by atoms with Crippen molar-refractivity contribution in [3.05, 3.63) is 0 Å². The minimum Gasteiger partial charge on any atom is -0.383 e. The van der Waals surface area contributed by atoms with Crippen LogP contribution in [0.3, 0.4) is 0 Å². The van der Waals surface area contributed by atoms with E-state index in [1.54, 1.807) is 7.11 Å².